The van der Waals surface area contributed by atoms with Crippen molar-refractivity contribution in [1.29, 1.82) is 0 Å². The largest absolute Gasteiger partial charge is 0.393 e. The van der Waals surface area contributed by atoms with Gasteiger partial charge in [-0.1, -0.05) is 60.0 Å². The van der Waals surface area contributed by atoms with Crippen molar-refractivity contribution >= 4 is 0 Å². The van der Waals surface area contributed by atoms with Crippen molar-refractivity contribution in [3.05, 3.63) is 11.1 Å². The van der Waals surface area contributed by atoms with Crippen LogP contribution < -0.4 is 0 Å². The highest BCUT2D eigenvalue weighted by Crippen LogP contribution is 2.67. The molecule has 2 aliphatic heterocycles. The molecule has 5 fully saturated rings. The van der Waals surface area contributed by atoms with Gasteiger partial charge in [-0.25, -0.2) is 0 Å². The zero-order chi connectivity index (χ0) is 41.7. The number of aliphatic hydroxyl groups is 8. The molecule has 6 rings (SSSR count). The summed E-state index contributed by atoms with van der Waals surface area (Å²) in [6.07, 6.45) is -9.22. The lowest BCUT2D eigenvalue weighted by molar-refractivity contribution is -0.236. The molecular formula is C43H74O14. The lowest BCUT2D eigenvalue weighted by Gasteiger charge is -2.60. The highest BCUT2D eigenvalue weighted by atomic mass is 16.7. The predicted octanol–water partition coefficient (Wildman–Crippen LogP) is 2.04. The van der Waals surface area contributed by atoms with Gasteiger partial charge in [0.1, 0.15) is 54.9 Å². The average Bonchev–Trinajstić information content (AvgIpc) is 3.73. The second-order valence-corrected chi connectivity index (χ2v) is 19.3. The third kappa shape index (κ3) is 8.41. The highest BCUT2D eigenvalue weighted by Gasteiger charge is 2.64. The van der Waals surface area contributed by atoms with E-state index in [4.69, 9.17) is 28.4 Å². The zero-order valence-electron chi connectivity index (χ0n) is 35.4. The fourth-order valence-electron chi connectivity index (χ4n) is 12.5. The first-order chi connectivity index (χ1) is 26.9. The summed E-state index contributed by atoms with van der Waals surface area (Å²) in [5.74, 6) is 0.853. The molecule has 21 atom stereocenters. The average molecular weight is 815 g/mol. The van der Waals surface area contributed by atoms with Crippen LogP contribution in [0.2, 0.25) is 0 Å². The molecule has 4 aliphatic carbocycles. The van der Waals surface area contributed by atoms with Crippen LogP contribution in [-0.2, 0) is 28.4 Å². The predicted molar refractivity (Wildman–Crippen MR) is 207 cm³/mol. The van der Waals surface area contributed by atoms with Crippen molar-refractivity contribution < 1.29 is 69.3 Å². The molecule has 3 saturated carbocycles. The van der Waals surface area contributed by atoms with Crippen LogP contribution in [-0.4, -0.2) is 154 Å². The monoisotopic (exact) mass is 815 g/mol. The van der Waals surface area contributed by atoms with Gasteiger partial charge in [0, 0.05) is 14.2 Å². The maximum Gasteiger partial charge on any atom is 0.187 e. The van der Waals surface area contributed by atoms with Crippen LogP contribution in [0.15, 0.2) is 11.1 Å². The maximum atomic E-state index is 12.5. The summed E-state index contributed by atoms with van der Waals surface area (Å²) in [6.45, 7) is 13.3. The molecule has 2 saturated heterocycles. The fraction of sp³-hybridized carbons (Fsp3) is 0.953. The smallest absolute Gasteiger partial charge is 0.187 e. The molecule has 0 bridgehead atoms. The minimum absolute atomic E-state index is 0.0337. The van der Waals surface area contributed by atoms with E-state index in [1.54, 1.807) is 0 Å². The number of hydrogen-bond acceptors (Lipinski definition) is 14. The van der Waals surface area contributed by atoms with E-state index in [1.165, 1.54) is 14.2 Å². The van der Waals surface area contributed by atoms with E-state index >= 15 is 0 Å². The van der Waals surface area contributed by atoms with Gasteiger partial charge in [-0.3, -0.25) is 0 Å². The summed E-state index contributed by atoms with van der Waals surface area (Å²) >= 11 is 0. The zero-order valence-corrected chi connectivity index (χ0v) is 35.4. The molecule has 2 heterocycles. The second-order valence-electron chi connectivity index (χ2n) is 19.3. The molecule has 0 unspecified atom stereocenters. The summed E-state index contributed by atoms with van der Waals surface area (Å²) in [6, 6.07) is 0. The molecule has 6 aliphatic rings. The van der Waals surface area contributed by atoms with Crippen molar-refractivity contribution in [2.45, 2.75) is 185 Å². The number of fused-ring (bicyclic) bond motifs is 4. The summed E-state index contributed by atoms with van der Waals surface area (Å²) < 4.78 is 35.8. The molecule has 14 heteroatoms. The summed E-state index contributed by atoms with van der Waals surface area (Å²) in [7, 11) is 2.86. The van der Waals surface area contributed by atoms with Crippen molar-refractivity contribution in [3.8, 4) is 0 Å². The van der Waals surface area contributed by atoms with Crippen molar-refractivity contribution in [3.63, 3.8) is 0 Å². The first kappa shape index (κ1) is 45.7. The van der Waals surface area contributed by atoms with E-state index < -0.39 is 91.2 Å². The minimum atomic E-state index is -1.51. The van der Waals surface area contributed by atoms with Gasteiger partial charge >= 0.3 is 0 Å². The quantitative estimate of drug-likeness (QED) is 0.105. The van der Waals surface area contributed by atoms with Crippen LogP contribution in [0.4, 0.5) is 0 Å². The maximum absolute atomic E-state index is 12.5. The third-order valence-electron chi connectivity index (χ3n) is 15.7. The van der Waals surface area contributed by atoms with Crippen LogP contribution in [0.3, 0.4) is 0 Å². The number of ether oxygens (including phenoxy) is 6. The summed E-state index contributed by atoms with van der Waals surface area (Å²) in [4.78, 5) is 0. The Morgan fingerprint density at radius 1 is 0.754 bits per heavy atom. The molecule has 0 amide bonds. The summed E-state index contributed by atoms with van der Waals surface area (Å²) in [5, 5.41) is 89.2. The van der Waals surface area contributed by atoms with Crippen LogP contribution in [0.25, 0.3) is 0 Å². The van der Waals surface area contributed by atoms with Gasteiger partial charge in [-0.2, -0.15) is 0 Å². The number of methoxy groups -OCH3 is 2. The molecular weight excluding hydrogens is 740 g/mol. The summed E-state index contributed by atoms with van der Waals surface area (Å²) in [5.41, 5.74) is 1.24. The van der Waals surface area contributed by atoms with E-state index in [1.807, 2.05) is 0 Å². The van der Waals surface area contributed by atoms with Gasteiger partial charge in [0.25, 0.3) is 0 Å². The standard InChI is InChI=1S/C43H74O14/c1-9-22(20(2)3)11-10-21(4)31-29(54-40-35(50)33(48)37(55-40)27(45)18-52-7)17-25-30-24(13-15-43(25,31)6)42(5)14-12-23(44)16-26(42)32(47)39(30)57-41-36(51)34(49)38(56-41)28(46)19-53-8/h20-24,26-29,31-41,44-51H,9-19H2,1-8H3/t21-,22-,23-,24+,26-,27+,28+,29-,31+,32+,33-,34-,35-,36-,37+,38+,39-,40-,41+,42-,43+/m1/s1. The van der Waals surface area contributed by atoms with Gasteiger partial charge in [-0.05, 0) is 96.9 Å². The minimum Gasteiger partial charge on any atom is -0.393 e. The van der Waals surface area contributed by atoms with Gasteiger partial charge in [0.05, 0.1) is 31.5 Å². The molecule has 330 valence electrons. The number of aliphatic hydroxyl groups excluding tert-OH is 8. The van der Waals surface area contributed by atoms with Crippen molar-refractivity contribution in [2.75, 3.05) is 27.4 Å². The lowest BCUT2D eigenvalue weighted by Crippen LogP contribution is -2.60. The molecule has 8 N–H and O–H groups in total. The van der Waals surface area contributed by atoms with Crippen LogP contribution >= 0.6 is 0 Å². The molecule has 0 radical (unpaired) electrons. The van der Waals surface area contributed by atoms with Crippen molar-refractivity contribution in [1.82, 2.24) is 0 Å². The molecule has 0 aromatic carbocycles. The lowest BCUT2D eigenvalue weighted by atomic mass is 9.47. The second kappa shape index (κ2) is 18.3. The van der Waals surface area contributed by atoms with Crippen LogP contribution in [0.5, 0.6) is 0 Å². The van der Waals surface area contributed by atoms with E-state index in [2.05, 4.69) is 41.5 Å². The van der Waals surface area contributed by atoms with Crippen molar-refractivity contribution in [2.24, 2.45) is 46.3 Å². The Bertz CT molecular complexity index is 1360. The van der Waals surface area contributed by atoms with Gasteiger partial charge in [-0.15, -0.1) is 0 Å². The molecule has 0 spiro atoms. The van der Waals surface area contributed by atoms with E-state index in [0.29, 0.717) is 37.5 Å². The Balaban J connectivity index is 1.41. The van der Waals surface area contributed by atoms with Crippen LogP contribution in [0.1, 0.15) is 99.3 Å². The van der Waals surface area contributed by atoms with E-state index in [9.17, 15) is 40.9 Å². The Kier molecular flexibility index (Phi) is 14.6. The Morgan fingerprint density at radius 3 is 1.88 bits per heavy atom. The molecule has 0 aromatic heterocycles. The Morgan fingerprint density at radius 2 is 1.33 bits per heavy atom. The van der Waals surface area contributed by atoms with Gasteiger partial charge in [0.15, 0.2) is 12.6 Å². The molecule has 57 heavy (non-hydrogen) atoms. The first-order valence-electron chi connectivity index (χ1n) is 21.7. The molecule has 0 aromatic rings. The normalized spacial score (nSPS) is 46.8. The number of rotatable bonds is 16. The van der Waals surface area contributed by atoms with Gasteiger partial charge in [0.2, 0.25) is 0 Å². The first-order valence-corrected chi connectivity index (χ1v) is 21.7. The number of hydrogen-bond donors (Lipinski definition) is 8. The molecule has 14 nitrogen and oxygen atoms in total. The fourth-order valence-corrected chi connectivity index (χ4v) is 12.5. The topological polar surface area (TPSA) is 217 Å². The van der Waals surface area contributed by atoms with E-state index in [0.717, 1.165) is 43.3 Å². The Labute approximate surface area is 338 Å². The van der Waals surface area contributed by atoms with E-state index in [-0.39, 0.29) is 42.3 Å². The SMILES string of the molecule is CC[C@H](CC[C@@H](C)[C@H]1[C@H](O[C@@H]2O[C@@H]([C@@H](O)COC)[C@H](O)[C@H]2O)CC2=C3[C@@H](O[C@@H]4O[C@@H]([C@@H](O)COC)[C@H](O)[C@H]4O)[C@@H](O)[C@H]4C[C@H](O)CC[C@]4(C)[C@H]3CC[C@@]21C)C(C)C. The Hall–Kier alpha value is -0.820. The van der Waals surface area contributed by atoms with Crippen LogP contribution in [0, 0.1) is 46.3 Å². The third-order valence-corrected chi connectivity index (χ3v) is 15.7. The van der Waals surface area contributed by atoms with Gasteiger partial charge < -0.3 is 69.3 Å². The highest BCUT2D eigenvalue weighted by molar-refractivity contribution is 5.40.